The molecule has 35 heavy (non-hydrogen) atoms. The lowest BCUT2D eigenvalue weighted by molar-refractivity contribution is 0.370. The lowest BCUT2D eigenvalue weighted by atomic mass is 10.0. The second-order valence-corrected chi connectivity index (χ2v) is 13.1. The van der Waals surface area contributed by atoms with Gasteiger partial charge in [-0.3, -0.25) is 4.57 Å². The fraction of sp³-hybridized carbons (Fsp3) is 1.00. The zero-order valence-corrected chi connectivity index (χ0v) is 25.0. The molecule has 0 fully saturated rings. The van der Waals surface area contributed by atoms with Crippen LogP contribution in [0.4, 0.5) is 0 Å². The van der Waals surface area contributed by atoms with E-state index in [1.807, 2.05) is 0 Å². The predicted octanol–water partition coefficient (Wildman–Crippen LogP) is 11.3. The summed E-state index contributed by atoms with van der Waals surface area (Å²) in [4.78, 5) is 17.7. The highest BCUT2D eigenvalue weighted by Crippen LogP contribution is 2.35. The van der Waals surface area contributed by atoms with Gasteiger partial charge < -0.3 is 9.79 Å². The first kappa shape index (κ1) is 35.4. The van der Waals surface area contributed by atoms with E-state index < -0.39 is 7.60 Å². The molecule has 0 amide bonds. The number of halogens is 1. The Kier molecular flexibility index (Phi) is 29.4. The van der Waals surface area contributed by atoms with Gasteiger partial charge in [-0.25, -0.2) is 0 Å². The van der Waals surface area contributed by atoms with Crippen molar-refractivity contribution in [2.45, 2.75) is 180 Å². The topological polar surface area (TPSA) is 57.5 Å². The van der Waals surface area contributed by atoms with E-state index >= 15 is 0 Å². The maximum atomic E-state index is 10.8. The first-order valence-corrected chi connectivity index (χ1v) is 18.0. The van der Waals surface area contributed by atoms with Crippen LogP contribution in [0.2, 0.25) is 0 Å². The molecule has 0 radical (unpaired) electrons. The number of hydrogen-bond acceptors (Lipinski definition) is 1. The molecule has 0 rings (SSSR count). The molecule has 0 saturated carbocycles. The molecule has 5 heteroatoms. The zero-order valence-electron chi connectivity index (χ0n) is 23.3. The van der Waals surface area contributed by atoms with Crippen molar-refractivity contribution >= 4 is 19.2 Å². The molecule has 0 bridgehead atoms. The highest BCUT2D eigenvalue weighted by atomic mass is 35.5. The second-order valence-electron chi connectivity index (χ2n) is 11.0. The van der Waals surface area contributed by atoms with Gasteiger partial charge in [0, 0.05) is 12.0 Å². The highest BCUT2D eigenvalue weighted by Gasteiger charge is 2.10. The van der Waals surface area contributed by atoms with Crippen molar-refractivity contribution in [3.63, 3.8) is 0 Å². The van der Waals surface area contributed by atoms with Gasteiger partial charge in [0.25, 0.3) is 0 Å². The number of hydrogen-bond donors (Lipinski definition) is 2. The molecular weight excluding hydrogens is 475 g/mol. The Morgan fingerprint density at radius 1 is 0.343 bits per heavy atom. The average Bonchev–Trinajstić information content (AvgIpc) is 2.82. The molecule has 3 nitrogen and oxygen atoms in total. The third-order valence-electron chi connectivity index (χ3n) is 7.33. The summed E-state index contributed by atoms with van der Waals surface area (Å²) in [5.41, 5.74) is 0. The lowest BCUT2D eigenvalue weighted by Crippen LogP contribution is -1.88. The van der Waals surface area contributed by atoms with E-state index in [1.165, 1.54) is 161 Å². The Morgan fingerprint density at radius 3 is 0.686 bits per heavy atom. The van der Waals surface area contributed by atoms with E-state index in [0.29, 0.717) is 6.42 Å². The predicted molar refractivity (Wildman–Crippen MR) is 157 cm³/mol. The number of unbranched alkanes of at least 4 members (excludes halogenated alkanes) is 27. The van der Waals surface area contributed by atoms with Crippen LogP contribution in [0.5, 0.6) is 0 Å². The van der Waals surface area contributed by atoms with Crippen LogP contribution < -0.4 is 0 Å². The molecule has 212 valence electrons. The Hall–Kier alpha value is 0.440. The van der Waals surface area contributed by atoms with Crippen LogP contribution in [-0.2, 0) is 4.57 Å². The minimum atomic E-state index is -3.77. The quantitative estimate of drug-likeness (QED) is 0.0545. The molecule has 0 atom stereocenters. The van der Waals surface area contributed by atoms with Crippen molar-refractivity contribution < 1.29 is 14.4 Å². The number of alkyl halides is 1. The van der Waals surface area contributed by atoms with Crippen molar-refractivity contribution in [1.82, 2.24) is 0 Å². The molecule has 0 aromatic heterocycles. The molecule has 0 spiro atoms. The van der Waals surface area contributed by atoms with Crippen molar-refractivity contribution in [1.29, 1.82) is 0 Å². The van der Waals surface area contributed by atoms with Crippen LogP contribution in [0.1, 0.15) is 180 Å². The van der Waals surface area contributed by atoms with E-state index in [9.17, 15) is 4.57 Å². The van der Waals surface area contributed by atoms with Gasteiger partial charge in [-0.15, -0.1) is 11.6 Å². The van der Waals surface area contributed by atoms with Gasteiger partial charge in [0.2, 0.25) is 0 Å². The van der Waals surface area contributed by atoms with Crippen LogP contribution in [0, 0.1) is 0 Å². The average molecular weight is 537 g/mol. The van der Waals surface area contributed by atoms with E-state index in [4.69, 9.17) is 21.4 Å². The molecule has 0 aromatic carbocycles. The van der Waals surface area contributed by atoms with E-state index in [0.717, 1.165) is 18.7 Å². The van der Waals surface area contributed by atoms with Gasteiger partial charge in [0.1, 0.15) is 0 Å². The van der Waals surface area contributed by atoms with Crippen LogP contribution in [-0.4, -0.2) is 21.8 Å². The van der Waals surface area contributed by atoms with Gasteiger partial charge in [-0.05, 0) is 12.8 Å². The SMILES string of the molecule is O=P(O)(O)CCCCCCCCCCCCCCCCCCCCCCCCCCCCCCCl. The summed E-state index contributed by atoms with van der Waals surface area (Å²) in [7, 11) is -3.77. The van der Waals surface area contributed by atoms with Crippen molar-refractivity contribution in [2.75, 3.05) is 12.0 Å². The van der Waals surface area contributed by atoms with Gasteiger partial charge in [-0.2, -0.15) is 0 Å². The molecule has 0 saturated heterocycles. The summed E-state index contributed by atoms with van der Waals surface area (Å²) in [5.74, 6) is 0.834. The van der Waals surface area contributed by atoms with Gasteiger partial charge >= 0.3 is 7.60 Å². The standard InChI is InChI=1S/C30H62ClO3P/c31-29-27-25-23-21-19-17-15-13-11-9-7-5-3-1-2-4-6-8-10-12-14-16-18-20-22-24-26-28-30-35(32,33)34/h1-30H2,(H2,32,33,34). The summed E-state index contributed by atoms with van der Waals surface area (Å²) in [6.45, 7) is 0. The summed E-state index contributed by atoms with van der Waals surface area (Å²) in [6.07, 6.45) is 37.7. The smallest absolute Gasteiger partial charge is 0.324 e. The van der Waals surface area contributed by atoms with E-state index in [1.54, 1.807) is 0 Å². The first-order valence-electron chi connectivity index (χ1n) is 15.7. The van der Waals surface area contributed by atoms with Crippen LogP contribution >= 0.6 is 19.2 Å². The summed E-state index contributed by atoms with van der Waals surface area (Å²) in [5, 5.41) is 0. The molecule has 0 aromatic rings. The third kappa shape index (κ3) is 34.4. The normalized spacial score (nSPS) is 12.0. The molecule has 0 aliphatic rings. The summed E-state index contributed by atoms with van der Waals surface area (Å²) < 4.78 is 10.8. The molecular formula is C30H62ClO3P. The molecule has 2 N–H and O–H groups in total. The molecule has 0 aliphatic carbocycles. The Morgan fingerprint density at radius 2 is 0.514 bits per heavy atom. The highest BCUT2D eigenvalue weighted by molar-refractivity contribution is 7.51. The number of rotatable bonds is 30. The van der Waals surface area contributed by atoms with Crippen LogP contribution in [0.15, 0.2) is 0 Å². The fourth-order valence-corrected chi connectivity index (χ4v) is 5.83. The maximum Gasteiger partial charge on any atom is 0.325 e. The second kappa shape index (κ2) is 29.0. The lowest BCUT2D eigenvalue weighted by Gasteiger charge is -2.05. The fourth-order valence-electron chi connectivity index (χ4n) is 5.01. The van der Waals surface area contributed by atoms with Gasteiger partial charge in [-0.1, -0.05) is 167 Å². The van der Waals surface area contributed by atoms with Gasteiger partial charge in [0.15, 0.2) is 0 Å². The minimum absolute atomic E-state index is 0.0598. The minimum Gasteiger partial charge on any atom is -0.324 e. The van der Waals surface area contributed by atoms with E-state index in [-0.39, 0.29) is 6.16 Å². The van der Waals surface area contributed by atoms with Crippen LogP contribution in [0.3, 0.4) is 0 Å². The molecule has 0 aliphatic heterocycles. The zero-order chi connectivity index (χ0) is 25.7. The van der Waals surface area contributed by atoms with Crippen molar-refractivity contribution in [2.24, 2.45) is 0 Å². The Balaban J connectivity index is 3.04. The Bertz CT molecular complexity index is 441. The third-order valence-corrected chi connectivity index (χ3v) is 8.50. The summed E-state index contributed by atoms with van der Waals surface area (Å²) >= 11 is 5.71. The molecule has 0 heterocycles. The summed E-state index contributed by atoms with van der Waals surface area (Å²) in [6, 6.07) is 0. The van der Waals surface area contributed by atoms with Crippen LogP contribution in [0.25, 0.3) is 0 Å². The van der Waals surface area contributed by atoms with Crippen molar-refractivity contribution in [3.8, 4) is 0 Å². The largest absolute Gasteiger partial charge is 0.325 e. The maximum absolute atomic E-state index is 10.8. The first-order chi connectivity index (χ1) is 17.1. The Labute approximate surface area is 225 Å². The monoisotopic (exact) mass is 536 g/mol. The van der Waals surface area contributed by atoms with Gasteiger partial charge in [0.05, 0.1) is 0 Å². The van der Waals surface area contributed by atoms with E-state index in [2.05, 4.69) is 0 Å². The molecule has 0 unspecified atom stereocenters. The van der Waals surface area contributed by atoms with Crippen molar-refractivity contribution in [3.05, 3.63) is 0 Å².